The van der Waals surface area contributed by atoms with Gasteiger partial charge in [-0.15, -0.1) is 0 Å². The summed E-state index contributed by atoms with van der Waals surface area (Å²) in [6, 6.07) is -8.88. The molecule has 22 heteroatoms. The van der Waals surface area contributed by atoms with Crippen LogP contribution in [-0.2, 0) is 47.9 Å². The van der Waals surface area contributed by atoms with E-state index >= 15 is 0 Å². The van der Waals surface area contributed by atoms with Gasteiger partial charge in [0.1, 0.15) is 36.3 Å². The summed E-state index contributed by atoms with van der Waals surface area (Å²) in [7, 11) is 0. The first-order chi connectivity index (χ1) is 27.6. The number of nitrogens with one attached hydrogen (secondary N) is 6. The number of unbranched alkanes of at least 4 members (excludes halogenated alkanes) is 1. The van der Waals surface area contributed by atoms with Crippen molar-refractivity contribution in [1.82, 2.24) is 36.8 Å². The molecule has 59 heavy (non-hydrogen) atoms. The van der Waals surface area contributed by atoms with Crippen LogP contribution < -0.4 is 43.4 Å². The molecule has 1 aliphatic rings. The zero-order valence-electron chi connectivity index (χ0n) is 34.4. The number of likely N-dealkylation sites (tertiary alicyclic amines) is 1. The summed E-state index contributed by atoms with van der Waals surface area (Å²) in [5.74, 6) is -9.88. The van der Waals surface area contributed by atoms with Crippen LogP contribution in [0.5, 0.6) is 0 Å². The number of carboxylic acid groups (broad SMARTS) is 3. The Morgan fingerprint density at radius 3 is 1.80 bits per heavy atom. The summed E-state index contributed by atoms with van der Waals surface area (Å²) >= 11 is 0. The van der Waals surface area contributed by atoms with E-state index in [9.17, 15) is 58.2 Å². The van der Waals surface area contributed by atoms with Gasteiger partial charge in [0.05, 0.1) is 19.0 Å². The van der Waals surface area contributed by atoms with Crippen LogP contribution in [0.3, 0.4) is 0 Å². The maximum Gasteiger partial charge on any atom is 0.326 e. The van der Waals surface area contributed by atoms with Gasteiger partial charge in [0, 0.05) is 13.0 Å². The molecule has 0 aromatic rings. The largest absolute Gasteiger partial charge is 0.481 e. The third-order valence-electron chi connectivity index (χ3n) is 9.30. The highest BCUT2D eigenvalue weighted by Gasteiger charge is 2.37. The standard InChI is InChI=1S/C37H63N9O13/c1-19(2)15-22(39)32(53)42-24(11-12-29(48)49)35(56)44-25(17-30(50)51)33(54)40-18-28(47)46-14-8-10-27(46)36(57)43-23(9-6-7-13-38)34(55)41-21(5)31(52)45-26(37(58)59)16-20(3)4/h19-27H,6-18,38-39H2,1-5H3,(H,40,54)(H,41,55)(H,42,53)(H,43,57)(H,44,56)(H,45,52)(H,48,49)(H,50,51)(H,58,59). The van der Waals surface area contributed by atoms with E-state index < -0.39 is 127 Å². The average molecular weight is 842 g/mol. The molecule has 7 atom stereocenters. The van der Waals surface area contributed by atoms with Crippen LogP contribution >= 0.6 is 0 Å². The van der Waals surface area contributed by atoms with E-state index in [1.807, 2.05) is 13.8 Å². The molecule has 7 amide bonds. The highest BCUT2D eigenvalue weighted by atomic mass is 16.4. The number of amides is 7. The second-order valence-electron chi connectivity index (χ2n) is 15.5. The van der Waals surface area contributed by atoms with E-state index in [1.54, 1.807) is 13.8 Å². The van der Waals surface area contributed by atoms with Crippen LogP contribution in [0.2, 0.25) is 0 Å². The molecule has 1 saturated heterocycles. The van der Waals surface area contributed by atoms with Gasteiger partial charge in [-0.25, -0.2) is 4.79 Å². The number of carboxylic acids is 3. The zero-order valence-corrected chi connectivity index (χ0v) is 34.4. The predicted octanol–water partition coefficient (Wildman–Crippen LogP) is -2.49. The van der Waals surface area contributed by atoms with E-state index in [-0.39, 0.29) is 44.1 Å². The van der Waals surface area contributed by atoms with E-state index in [2.05, 4.69) is 31.9 Å². The number of nitrogens with two attached hydrogens (primary N) is 2. The lowest BCUT2D eigenvalue weighted by molar-refractivity contribution is -0.143. The Bertz CT molecular complexity index is 1510. The monoisotopic (exact) mass is 841 g/mol. The molecule has 0 saturated carbocycles. The lowest BCUT2D eigenvalue weighted by atomic mass is 10.0. The molecule has 0 spiro atoms. The summed E-state index contributed by atoms with van der Waals surface area (Å²) in [4.78, 5) is 128. The normalized spacial score (nSPS) is 16.8. The maximum atomic E-state index is 13.5. The van der Waals surface area contributed by atoms with Gasteiger partial charge in [0.25, 0.3) is 0 Å². The van der Waals surface area contributed by atoms with Gasteiger partial charge in [0.2, 0.25) is 41.4 Å². The minimum atomic E-state index is -1.76. The number of rotatable bonds is 27. The molecule has 0 radical (unpaired) electrons. The third-order valence-corrected chi connectivity index (χ3v) is 9.30. The number of hydrogen-bond donors (Lipinski definition) is 11. The molecule has 0 bridgehead atoms. The number of carbonyl (C=O) groups excluding carboxylic acids is 7. The Kier molecular flexibility index (Phi) is 22.6. The molecule has 1 heterocycles. The van der Waals surface area contributed by atoms with Gasteiger partial charge in [-0.1, -0.05) is 27.7 Å². The SMILES string of the molecule is CC(C)CC(N)C(=O)NC(CCC(=O)O)C(=O)NC(CC(=O)O)C(=O)NCC(=O)N1CCCC1C(=O)NC(CCCCN)C(=O)NC(C)C(=O)NC(CC(C)C)C(=O)O. The van der Waals surface area contributed by atoms with Gasteiger partial charge in [-0.3, -0.25) is 43.2 Å². The molecule has 7 unspecified atom stereocenters. The second kappa shape index (κ2) is 25.9. The fraction of sp³-hybridized carbons (Fsp3) is 0.730. The molecule has 1 rings (SSSR count). The quantitative estimate of drug-likeness (QED) is 0.0381. The smallest absolute Gasteiger partial charge is 0.326 e. The zero-order chi connectivity index (χ0) is 45.0. The Labute approximate surface area is 343 Å². The topological polar surface area (TPSA) is 359 Å². The highest BCUT2D eigenvalue weighted by Crippen LogP contribution is 2.18. The first-order valence-electron chi connectivity index (χ1n) is 19.8. The van der Waals surface area contributed by atoms with Gasteiger partial charge >= 0.3 is 17.9 Å². The fourth-order valence-corrected chi connectivity index (χ4v) is 6.21. The van der Waals surface area contributed by atoms with E-state index in [4.69, 9.17) is 16.6 Å². The number of hydrogen-bond acceptors (Lipinski definition) is 12. The molecule has 334 valence electrons. The summed E-state index contributed by atoms with van der Waals surface area (Å²) < 4.78 is 0. The lowest BCUT2D eigenvalue weighted by Crippen LogP contribution is -2.58. The predicted molar refractivity (Wildman–Crippen MR) is 210 cm³/mol. The minimum absolute atomic E-state index is 0.0145. The van der Waals surface area contributed by atoms with Gasteiger partial charge in [0.15, 0.2) is 0 Å². The summed E-state index contributed by atoms with van der Waals surface area (Å²) in [5.41, 5.74) is 11.5. The van der Waals surface area contributed by atoms with Crippen LogP contribution in [0.25, 0.3) is 0 Å². The average Bonchev–Trinajstić information content (AvgIpc) is 3.64. The maximum absolute atomic E-state index is 13.5. The van der Waals surface area contributed by atoms with Crippen molar-refractivity contribution in [3.63, 3.8) is 0 Å². The molecule has 0 aliphatic carbocycles. The first kappa shape index (κ1) is 51.6. The van der Waals surface area contributed by atoms with Crippen LogP contribution in [0.4, 0.5) is 0 Å². The van der Waals surface area contributed by atoms with Crippen LogP contribution in [0.1, 0.15) is 98.8 Å². The lowest BCUT2D eigenvalue weighted by Gasteiger charge is -2.27. The first-order valence-corrected chi connectivity index (χ1v) is 19.8. The van der Waals surface area contributed by atoms with Crippen molar-refractivity contribution in [2.45, 2.75) is 141 Å². The molecule has 0 aromatic carbocycles. The Hall–Kier alpha value is -5.38. The van der Waals surface area contributed by atoms with Crippen molar-refractivity contribution >= 4 is 59.3 Å². The fourth-order valence-electron chi connectivity index (χ4n) is 6.21. The van der Waals surface area contributed by atoms with Gasteiger partial charge in [-0.2, -0.15) is 0 Å². The van der Waals surface area contributed by atoms with Crippen molar-refractivity contribution in [1.29, 1.82) is 0 Å². The van der Waals surface area contributed by atoms with Gasteiger partial charge < -0.3 is 63.6 Å². The van der Waals surface area contributed by atoms with Crippen LogP contribution in [0, 0.1) is 11.8 Å². The number of aliphatic carboxylic acids is 3. The summed E-state index contributed by atoms with van der Waals surface area (Å²) in [6.45, 7) is 8.23. The number of carbonyl (C=O) groups is 10. The van der Waals surface area contributed by atoms with Crippen LogP contribution in [-0.4, -0.2) is 141 Å². The van der Waals surface area contributed by atoms with Crippen molar-refractivity contribution in [2.75, 3.05) is 19.6 Å². The van der Waals surface area contributed by atoms with E-state index in [0.717, 1.165) is 0 Å². The Morgan fingerprint density at radius 2 is 1.24 bits per heavy atom. The third kappa shape index (κ3) is 19.3. The van der Waals surface area contributed by atoms with Crippen molar-refractivity contribution in [3.05, 3.63) is 0 Å². The van der Waals surface area contributed by atoms with Crippen LogP contribution in [0.15, 0.2) is 0 Å². The van der Waals surface area contributed by atoms with Crippen molar-refractivity contribution in [2.24, 2.45) is 23.3 Å². The molecule has 22 nitrogen and oxygen atoms in total. The van der Waals surface area contributed by atoms with Crippen molar-refractivity contribution in [3.8, 4) is 0 Å². The highest BCUT2D eigenvalue weighted by molar-refractivity contribution is 5.97. The minimum Gasteiger partial charge on any atom is -0.481 e. The molecule has 0 aromatic heterocycles. The molecule has 1 aliphatic heterocycles. The summed E-state index contributed by atoms with van der Waals surface area (Å²) in [5, 5.41) is 42.5. The molecular formula is C37H63N9O13. The molecule has 1 fully saturated rings. The van der Waals surface area contributed by atoms with E-state index in [0.29, 0.717) is 25.8 Å². The van der Waals surface area contributed by atoms with Gasteiger partial charge in [-0.05, 0) is 76.7 Å². The van der Waals surface area contributed by atoms with Crippen molar-refractivity contribution < 1.29 is 63.3 Å². The Balaban J connectivity index is 3.04. The Morgan fingerprint density at radius 1 is 0.661 bits per heavy atom. The summed E-state index contributed by atoms with van der Waals surface area (Å²) in [6.07, 6.45) is 0.0981. The second-order valence-corrected chi connectivity index (χ2v) is 15.5. The number of nitrogens with zero attached hydrogens (tertiary/aromatic N) is 1. The van der Waals surface area contributed by atoms with E-state index in [1.165, 1.54) is 11.8 Å². The molecule has 13 N–H and O–H groups in total. The molecular weight excluding hydrogens is 778 g/mol.